The minimum Gasteiger partial charge on any atom is -0.506 e. The fraction of sp³-hybridized carbons (Fsp3) is 0.200. The molecular weight excluding hydrogens is 306 g/mol. The van der Waals surface area contributed by atoms with Crippen molar-refractivity contribution < 1.29 is 5.11 Å². The van der Waals surface area contributed by atoms with Gasteiger partial charge in [0.05, 0.1) is 11.1 Å². The van der Waals surface area contributed by atoms with E-state index >= 15 is 0 Å². The molecule has 106 valence electrons. The lowest BCUT2D eigenvalue weighted by Crippen LogP contribution is -1.96. The molecule has 1 aromatic carbocycles. The average molecular weight is 318 g/mol. The highest BCUT2D eigenvalue weighted by molar-refractivity contribution is 7.19. The molecule has 0 amide bonds. The van der Waals surface area contributed by atoms with E-state index in [1.54, 1.807) is 35.9 Å². The number of halogens is 1. The Balaban J connectivity index is 1.85. The number of aromatic nitrogens is 2. The number of rotatable bonds is 2. The first kappa shape index (κ1) is 12.9. The van der Waals surface area contributed by atoms with Crippen molar-refractivity contribution in [2.45, 2.75) is 19.3 Å². The number of nitrogens with one attached hydrogen (secondary N) is 1. The zero-order valence-corrected chi connectivity index (χ0v) is 12.6. The van der Waals surface area contributed by atoms with Gasteiger partial charge in [0.25, 0.3) is 0 Å². The fourth-order valence-corrected chi connectivity index (χ4v) is 4.16. The van der Waals surface area contributed by atoms with Gasteiger partial charge in [0, 0.05) is 9.90 Å². The summed E-state index contributed by atoms with van der Waals surface area (Å²) in [6.07, 6.45) is 4.93. The molecule has 0 saturated heterocycles. The van der Waals surface area contributed by atoms with Crippen LogP contribution in [-0.2, 0) is 12.8 Å². The highest BCUT2D eigenvalue weighted by Crippen LogP contribution is 2.40. The normalized spacial score (nSPS) is 13.6. The van der Waals surface area contributed by atoms with Crippen LogP contribution in [0.5, 0.6) is 5.75 Å². The van der Waals surface area contributed by atoms with Gasteiger partial charge >= 0.3 is 0 Å². The lowest BCUT2D eigenvalue weighted by molar-refractivity contribution is 0.478. The Morgan fingerprint density at radius 3 is 3.05 bits per heavy atom. The van der Waals surface area contributed by atoms with Crippen LogP contribution in [0.15, 0.2) is 24.5 Å². The van der Waals surface area contributed by atoms with Crippen LogP contribution in [0.3, 0.4) is 0 Å². The summed E-state index contributed by atoms with van der Waals surface area (Å²) in [4.78, 5) is 11.1. The second-order valence-electron chi connectivity index (χ2n) is 5.05. The van der Waals surface area contributed by atoms with Crippen molar-refractivity contribution in [1.29, 1.82) is 0 Å². The van der Waals surface area contributed by atoms with E-state index in [1.807, 2.05) is 0 Å². The first-order chi connectivity index (χ1) is 10.2. The number of phenolic OH excluding ortho intramolecular Hbond substituents is 1. The van der Waals surface area contributed by atoms with Gasteiger partial charge in [0.15, 0.2) is 0 Å². The molecule has 0 atom stereocenters. The first-order valence-electron chi connectivity index (χ1n) is 6.73. The second kappa shape index (κ2) is 4.86. The summed E-state index contributed by atoms with van der Waals surface area (Å²) >= 11 is 7.73. The van der Waals surface area contributed by atoms with E-state index < -0.39 is 0 Å². The molecular formula is C15H12ClN3OS. The quantitative estimate of drug-likeness (QED) is 0.692. The Labute approximate surface area is 130 Å². The maximum absolute atomic E-state index is 9.95. The number of fused-ring (bicyclic) bond motifs is 3. The Morgan fingerprint density at radius 1 is 1.24 bits per heavy atom. The van der Waals surface area contributed by atoms with Gasteiger partial charge < -0.3 is 10.4 Å². The molecule has 2 aromatic heterocycles. The number of hydrogen-bond donors (Lipinski definition) is 2. The molecule has 2 heterocycles. The minimum absolute atomic E-state index is 0.151. The second-order valence-corrected chi connectivity index (χ2v) is 6.57. The number of thiophene rings is 1. The number of hydrogen-bond acceptors (Lipinski definition) is 5. The summed E-state index contributed by atoms with van der Waals surface area (Å²) in [7, 11) is 0. The number of aryl methyl sites for hydroxylation is 2. The van der Waals surface area contributed by atoms with Crippen molar-refractivity contribution in [3.05, 3.63) is 40.0 Å². The molecule has 1 aliphatic rings. The van der Waals surface area contributed by atoms with Gasteiger partial charge in [-0.2, -0.15) is 0 Å². The smallest absolute Gasteiger partial charge is 0.142 e. The molecule has 4 nitrogen and oxygen atoms in total. The molecule has 0 radical (unpaired) electrons. The molecule has 0 saturated carbocycles. The third-order valence-electron chi connectivity index (χ3n) is 3.71. The largest absolute Gasteiger partial charge is 0.506 e. The molecule has 0 unspecified atom stereocenters. The predicted octanol–water partition coefficient (Wildman–Crippen LogP) is 4.28. The third-order valence-corrected chi connectivity index (χ3v) is 5.15. The van der Waals surface area contributed by atoms with Gasteiger partial charge in [-0.25, -0.2) is 9.97 Å². The van der Waals surface area contributed by atoms with Crippen LogP contribution in [0.4, 0.5) is 11.5 Å². The molecule has 1 aliphatic carbocycles. The number of anilines is 2. The van der Waals surface area contributed by atoms with Gasteiger partial charge in [0.2, 0.25) is 0 Å². The zero-order valence-electron chi connectivity index (χ0n) is 11.1. The highest BCUT2D eigenvalue weighted by Gasteiger charge is 2.21. The van der Waals surface area contributed by atoms with Crippen molar-refractivity contribution in [3.8, 4) is 5.75 Å². The minimum atomic E-state index is 0.151. The molecule has 0 aliphatic heterocycles. The lowest BCUT2D eigenvalue weighted by atomic mass is 10.2. The van der Waals surface area contributed by atoms with Crippen molar-refractivity contribution >= 4 is 44.7 Å². The lowest BCUT2D eigenvalue weighted by Gasteiger charge is -2.09. The third kappa shape index (κ3) is 2.13. The van der Waals surface area contributed by atoms with E-state index in [4.69, 9.17) is 11.6 Å². The summed E-state index contributed by atoms with van der Waals surface area (Å²) in [5, 5.41) is 14.8. The number of phenols is 1. The molecule has 0 spiro atoms. The molecule has 2 N–H and O–H groups in total. The number of benzene rings is 1. The molecule has 0 bridgehead atoms. The van der Waals surface area contributed by atoms with Gasteiger partial charge in [-0.05, 0) is 43.0 Å². The van der Waals surface area contributed by atoms with E-state index in [-0.39, 0.29) is 5.75 Å². The standard InChI is InChI=1S/C15H12ClN3OS/c16-8-4-5-11(20)10(6-8)19-14-13-9-2-1-3-12(9)21-15(13)18-7-17-14/h4-7,20H,1-3H2,(H,17,18,19). The topological polar surface area (TPSA) is 58.0 Å². The molecule has 0 fully saturated rings. The predicted molar refractivity (Wildman–Crippen MR) is 85.8 cm³/mol. The molecule has 6 heteroatoms. The number of aromatic hydroxyl groups is 1. The summed E-state index contributed by atoms with van der Waals surface area (Å²) in [6.45, 7) is 0. The van der Waals surface area contributed by atoms with Crippen LogP contribution >= 0.6 is 22.9 Å². The molecule has 21 heavy (non-hydrogen) atoms. The van der Waals surface area contributed by atoms with Crippen LogP contribution < -0.4 is 5.32 Å². The molecule has 3 aromatic rings. The van der Waals surface area contributed by atoms with Crippen molar-refractivity contribution in [2.75, 3.05) is 5.32 Å². The van der Waals surface area contributed by atoms with E-state index in [2.05, 4.69) is 15.3 Å². The van der Waals surface area contributed by atoms with Crippen molar-refractivity contribution in [1.82, 2.24) is 9.97 Å². The van der Waals surface area contributed by atoms with E-state index in [0.29, 0.717) is 10.7 Å². The van der Waals surface area contributed by atoms with E-state index in [9.17, 15) is 5.11 Å². The van der Waals surface area contributed by atoms with Gasteiger partial charge in [-0.1, -0.05) is 11.6 Å². The first-order valence-corrected chi connectivity index (χ1v) is 7.92. The van der Waals surface area contributed by atoms with Crippen molar-refractivity contribution in [3.63, 3.8) is 0 Å². The van der Waals surface area contributed by atoms with Gasteiger partial charge in [-0.3, -0.25) is 0 Å². The summed E-state index contributed by atoms with van der Waals surface area (Å²) in [5.41, 5.74) is 1.90. The van der Waals surface area contributed by atoms with Gasteiger partial charge in [0.1, 0.15) is 22.7 Å². The van der Waals surface area contributed by atoms with Crippen LogP contribution in [0.25, 0.3) is 10.2 Å². The van der Waals surface area contributed by atoms with E-state index in [1.165, 1.54) is 16.9 Å². The maximum Gasteiger partial charge on any atom is 0.142 e. The van der Waals surface area contributed by atoms with Crippen LogP contribution in [0.1, 0.15) is 16.9 Å². The average Bonchev–Trinajstić information content (AvgIpc) is 3.03. The summed E-state index contributed by atoms with van der Waals surface area (Å²) in [6, 6.07) is 4.92. The molecule has 4 rings (SSSR count). The Bertz CT molecular complexity index is 846. The summed E-state index contributed by atoms with van der Waals surface area (Å²) in [5.74, 6) is 0.884. The number of nitrogens with zero attached hydrogens (tertiary/aromatic N) is 2. The van der Waals surface area contributed by atoms with Gasteiger partial charge in [-0.15, -0.1) is 11.3 Å². The zero-order chi connectivity index (χ0) is 14.4. The van der Waals surface area contributed by atoms with Crippen LogP contribution in [-0.4, -0.2) is 15.1 Å². The Morgan fingerprint density at radius 2 is 2.14 bits per heavy atom. The van der Waals surface area contributed by atoms with Crippen molar-refractivity contribution in [2.24, 2.45) is 0 Å². The van der Waals surface area contributed by atoms with Crippen LogP contribution in [0.2, 0.25) is 5.02 Å². The van der Waals surface area contributed by atoms with E-state index in [0.717, 1.165) is 28.9 Å². The maximum atomic E-state index is 9.95. The Kier molecular flexibility index (Phi) is 2.97. The fourth-order valence-electron chi connectivity index (χ4n) is 2.76. The highest BCUT2D eigenvalue weighted by atomic mass is 35.5. The SMILES string of the molecule is Oc1ccc(Cl)cc1Nc1ncnc2sc3c(c12)CCC3. The van der Waals surface area contributed by atoms with Crippen LogP contribution in [0, 0.1) is 0 Å². The monoisotopic (exact) mass is 317 g/mol. The summed E-state index contributed by atoms with van der Waals surface area (Å²) < 4.78 is 0. The Hall–Kier alpha value is -1.85.